The molecule has 0 aliphatic carbocycles. The van der Waals surface area contributed by atoms with E-state index in [1.54, 1.807) is 24.3 Å². The second-order valence-electron chi connectivity index (χ2n) is 3.82. The summed E-state index contributed by atoms with van der Waals surface area (Å²) < 4.78 is 13.4. The molecule has 0 aromatic heterocycles. The Bertz CT molecular complexity index is 728. The largest absolute Gasteiger partial charge is 0.349 e. The van der Waals surface area contributed by atoms with Crippen molar-refractivity contribution in [2.24, 2.45) is 0 Å². The summed E-state index contributed by atoms with van der Waals surface area (Å²) in [6, 6.07) is 10.2. The summed E-state index contributed by atoms with van der Waals surface area (Å²) in [5, 5.41) is 22.2. The van der Waals surface area contributed by atoms with Gasteiger partial charge in [-0.2, -0.15) is 5.26 Å². The minimum absolute atomic E-state index is 0.0698. The highest BCUT2D eigenvalue weighted by Crippen LogP contribution is 2.33. The van der Waals surface area contributed by atoms with Crippen LogP contribution in [0.1, 0.15) is 5.56 Å². The van der Waals surface area contributed by atoms with Gasteiger partial charge in [-0.1, -0.05) is 23.7 Å². The number of nitrogens with one attached hydrogen (secondary N) is 1. The molecule has 100 valence electrons. The molecule has 0 unspecified atom stereocenters. The number of nitro benzene ring substituents is 1. The number of anilines is 2. The lowest BCUT2D eigenvalue weighted by molar-refractivity contribution is -0.383. The first-order valence-electron chi connectivity index (χ1n) is 5.42. The smallest absolute Gasteiger partial charge is 0.294 e. The van der Waals surface area contributed by atoms with Crippen LogP contribution in [0.25, 0.3) is 0 Å². The van der Waals surface area contributed by atoms with Crippen molar-refractivity contribution in [2.75, 3.05) is 5.32 Å². The van der Waals surface area contributed by atoms with Gasteiger partial charge < -0.3 is 5.32 Å². The minimum atomic E-state index is -0.783. The molecule has 0 aliphatic heterocycles. The van der Waals surface area contributed by atoms with E-state index in [0.29, 0.717) is 5.69 Å². The predicted molar refractivity (Wildman–Crippen MR) is 72.5 cm³/mol. The number of rotatable bonds is 3. The Morgan fingerprint density at radius 2 is 2.00 bits per heavy atom. The SMILES string of the molecule is N#Cc1ccccc1Nc1cc(F)c(Cl)cc1[N+](=O)[O-]. The number of nitrogens with zero attached hydrogens (tertiary/aromatic N) is 2. The zero-order chi connectivity index (χ0) is 14.7. The molecular formula is C13H7ClFN3O2. The number of benzene rings is 2. The fraction of sp³-hybridized carbons (Fsp3) is 0. The fourth-order valence-electron chi connectivity index (χ4n) is 1.62. The van der Waals surface area contributed by atoms with Crippen molar-refractivity contribution >= 4 is 28.7 Å². The second-order valence-corrected chi connectivity index (χ2v) is 4.23. The van der Waals surface area contributed by atoms with Gasteiger partial charge in [-0.15, -0.1) is 0 Å². The topological polar surface area (TPSA) is 79.0 Å². The average Bonchev–Trinajstić information content (AvgIpc) is 2.43. The van der Waals surface area contributed by atoms with Gasteiger partial charge in [0.1, 0.15) is 17.6 Å². The molecule has 2 aromatic rings. The van der Waals surface area contributed by atoms with Crippen LogP contribution in [-0.4, -0.2) is 4.92 Å². The molecule has 0 aliphatic rings. The van der Waals surface area contributed by atoms with Crippen LogP contribution in [-0.2, 0) is 0 Å². The Balaban J connectivity index is 2.51. The van der Waals surface area contributed by atoms with E-state index in [-0.39, 0.29) is 22.0 Å². The Hall–Kier alpha value is -2.65. The summed E-state index contributed by atoms with van der Waals surface area (Å²) in [5.74, 6) is -0.783. The Kier molecular flexibility index (Phi) is 3.82. The number of hydrogen-bond acceptors (Lipinski definition) is 4. The van der Waals surface area contributed by atoms with E-state index >= 15 is 0 Å². The first-order chi connectivity index (χ1) is 9.52. The van der Waals surface area contributed by atoms with Crippen molar-refractivity contribution in [2.45, 2.75) is 0 Å². The van der Waals surface area contributed by atoms with E-state index in [1.165, 1.54) is 0 Å². The molecule has 2 aromatic carbocycles. The molecule has 0 amide bonds. The first-order valence-corrected chi connectivity index (χ1v) is 5.80. The Labute approximate surface area is 118 Å². The van der Waals surface area contributed by atoms with Crippen molar-refractivity contribution in [3.05, 3.63) is 62.9 Å². The number of nitro groups is 1. The summed E-state index contributed by atoms with van der Waals surface area (Å²) in [7, 11) is 0. The van der Waals surface area contributed by atoms with Gasteiger partial charge >= 0.3 is 0 Å². The maximum Gasteiger partial charge on any atom is 0.294 e. The van der Waals surface area contributed by atoms with E-state index in [0.717, 1.165) is 12.1 Å². The summed E-state index contributed by atoms with van der Waals surface area (Å²) in [4.78, 5) is 10.3. The van der Waals surface area contributed by atoms with E-state index in [1.807, 2.05) is 6.07 Å². The molecule has 7 heteroatoms. The molecule has 1 N–H and O–H groups in total. The molecule has 0 spiro atoms. The van der Waals surface area contributed by atoms with Gasteiger partial charge in [-0.3, -0.25) is 10.1 Å². The van der Waals surface area contributed by atoms with E-state index < -0.39 is 10.7 Å². The predicted octanol–water partition coefficient (Wildman–Crippen LogP) is 4.00. The van der Waals surface area contributed by atoms with Crippen LogP contribution in [0.5, 0.6) is 0 Å². The standard InChI is InChI=1S/C13H7ClFN3O2/c14-9-5-13(18(19)20)12(6-10(9)15)17-11-4-2-1-3-8(11)7-16/h1-6,17H. The lowest BCUT2D eigenvalue weighted by Gasteiger charge is -2.09. The molecule has 0 fully saturated rings. The van der Waals surface area contributed by atoms with Gasteiger partial charge in [0.05, 0.1) is 21.2 Å². The van der Waals surface area contributed by atoms with Gasteiger partial charge in [0, 0.05) is 12.1 Å². The highest BCUT2D eigenvalue weighted by molar-refractivity contribution is 6.31. The van der Waals surface area contributed by atoms with E-state index in [9.17, 15) is 14.5 Å². The van der Waals surface area contributed by atoms with Gasteiger partial charge in [0.15, 0.2) is 0 Å². The summed E-state index contributed by atoms with van der Waals surface area (Å²) >= 11 is 5.53. The molecule has 2 rings (SSSR count). The van der Waals surface area contributed by atoms with E-state index in [2.05, 4.69) is 5.32 Å². The van der Waals surface area contributed by atoms with Crippen LogP contribution in [0.3, 0.4) is 0 Å². The molecule has 0 saturated heterocycles. The summed E-state index contributed by atoms with van der Waals surface area (Å²) in [5.41, 5.74) is 0.195. The quantitative estimate of drug-likeness (QED) is 0.684. The molecule has 0 atom stereocenters. The van der Waals surface area contributed by atoms with Crippen molar-refractivity contribution in [1.29, 1.82) is 5.26 Å². The lowest BCUT2D eigenvalue weighted by Crippen LogP contribution is -1.99. The third-order valence-corrected chi connectivity index (χ3v) is 2.84. The van der Waals surface area contributed by atoms with Crippen LogP contribution in [0.2, 0.25) is 5.02 Å². The maximum atomic E-state index is 13.4. The van der Waals surface area contributed by atoms with E-state index in [4.69, 9.17) is 16.9 Å². The van der Waals surface area contributed by atoms with Crippen LogP contribution >= 0.6 is 11.6 Å². The molecule has 5 nitrogen and oxygen atoms in total. The first kappa shape index (κ1) is 13.8. The van der Waals surface area contributed by atoms with Crippen LogP contribution in [0.15, 0.2) is 36.4 Å². The minimum Gasteiger partial charge on any atom is -0.349 e. The fourth-order valence-corrected chi connectivity index (χ4v) is 1.78. The lowest BCUT2D eigenvalue weighted by atomic mass is 10.1. The molecule has 0 radical (unpaired) electrons. The molecule has 0 heterocycles. The Morgan fingerprint density at radius 1 is 1.30 bits per heavy atom. The number of para-hydroxylation sites is 1. The normalized spacial score (nSPS) is 9.85. The van der Waals surface area contributed by atoms with Crippen molar-refractivity contribution < 1.29 is 9.31 Å². The van der Waals surface area contributed by atoms with Crippen LogP contribution in [0.4, 0.5) is 21.5 Å². The number of hydrogen-bond donors (Lipinski definition) is 1. The van der Waals surface area contributed by atoms with Gasteiger partial charge in [-0.25, -0.2) is 4.39 Å². The third kappa shape index (κ3) is 2.68. The zero-order valence-electron chi connectivity index (χ0n) is 9.93. The molecule has 0 saturated carbocycles. The maximum absolute atomic E-state index is 13.4. The van der Waals surface area contributed by atoms with Crippen LogP contribution < -0.4 is 5.32 Å². The third-order valence-electron chi connectivity index (χ3n) is 2.55. The zero-order valence-corrected chi connectivity index (χ0v) is 10.7. The highest BCUT2D eigenvalue weighted by atomic mass is 35.5. The van der Waals surface area contributed by atoms with Crippen molar-refractivity contribution in [1.82, 2.24) is 0 Å². The molecule has 20 heavy (non-hydrogen) atoms. The van der Waals surface area contributed by atoms with Gasteiger partial charge in [0.2, 0.25) is 0 Å². The van der Waals surface area contributed by atoms with Gasteiger partial charge in [-0.05, 0) is 12.1 Å². The number of halogens is 2. The van der Waals surface area contributed by atoms with Crippen molar-refractivity contribution in [3.8, 4) is 6.07 Å². The highest BCUT2D eigenvalue weighted by Gasteiger charge is 2.18. The number of nitriles is 1. The molecule has 0 bridgehead atoms. The van der Waals surface area contributed by atoms with Crippen molar-refractivity contribution in [3.63, 3.8) is 0 Å². The van der Waals surface area contributed by atoms with Crippen LogP contribution in [0, 0.1) is 27.3 Å². The average molecular weight is 292 g/mol. The van der Waals surface area contributed by atoms with Gasteiger partial charge in [0.25, 0.3) is 5.69 Å². The summed E-state index contributed by atoms with van der Waals surface area (Å²) in [6.07, 6.45) is 0. The molecular weight excluding hydrogens is 285 g/mol. The Morgan fingerprint density at radius 3 is 2.65 bits per heavy atom. The second kappa shape index (κ2) is 5.55. The summed E-state index contributed by atoms with van der Waals surface area (Å²) in [6.45, 7) is 0. The monoisotopic (exact) mass is 291 g/mol.